The third-order valence-electron chi connectivity index (χ3n) is 2.64. The number of hydrogen-bond donors (Lipinski definition) is 0. The number of hydrogen-bond acceptors (Lipinski definition) is 7. The van der Waals surface area contributed by atoms with Crippen LogP contribution in [0, 0.1) is 10.1 Å². The molecule has 21 heavy (non-hydrogen) atoms. The van der Waals surface area contributed by atoms with Crippen LogP contribution in [0.1, 0.15) is 11.6 Å². The van der Waals surface area contributed by atoms with Gasteiger partial charge in [0.05, 0.1) is 18.5 Å². The van der Waals surface area contributed by atoms with Gasteiger partial charge in [-0.3, -0.25) is 0 Å². The molecule has 0 fully saturated rings. The summed E-state index contributed by atoms with van der Waals surface area (Å²) < 4.78 is 23.8. The summed E-state index contributed by atoms with van der Waals surface area (Å²) >= 11 is 5.64. The molecular formula is C10H8ClN5O4S. The highest BCUT2D eigenvalue weighted by Gasteiger charge is 2.20. The first-order valence-electron chi connectivity index (χ1n) is 5.48. The third-order valence-corrected chi connectivity index (χ3v) is 3.56. The van der Waals surface area contributed by atoms with Gasteiger partial charge < -0.3 is 10.1 Å². The van der Waals surface area contributed by atoms with Crippen LogP contribution < -0.4 is 0 Å². The Bertz CT molecular complexity index is 820. The fraction of sp³-hybridized carbons (Fsp3) is 0.200. The first kappa shape index (κ1) is 15.1. The summed E-state index contributed by atoms with van der Waals surface area (Å²) in [4.78, 5) is 21.5. The van der Waals surface area contributed by atoms with Crippen LogP contribution in [0.15, 0.2) is 18.6 Å². The van der Waals surface area contributed by atoms with E-state index in [1.807, 2.05) is 0 Å². The van der Waals surface area contributed by atoms with Gasteiger partial charge in [-0.25, -0.2) is 19.5 Å². The Morgan fingerprint density at radius 3 is 2.43 bits per heavy atom. The molecule has 0 saturated carbocycles. The molecule has 11 heteroatoms. The Kier molecular flexibility index (Phi) is 4.29. The number of aromatic nitrogens is 4. The first-order chi connectivity index (χ1) is 9.90. The molecule has 0 radical (unpaired) electrons. The van der Waals surface area contributed by atoms with Crippen LogP contribution in [0.3, 0.4) is 0 Å². The molecule has 0 bridgehead atoms. The molecule has 2 rings (SSSR count). The van der Waals surface area contributed by atoms with Crippen molar-refractivity contribution in [2.75, 3.05) is 0 Å². The lowest BCUT2D eigenvalue weighted by atomic mass is 10.3. The second-order valence-electron chi connectivity index (χ2n) is 3.91. The lowest BCUT2D eigenvalue weighted by Gasteiger charge is -2.00. The number of imidazole rings is 1. The molecule has 0 saturated heterocycles. The van der Waals surface area contributed by atoms with Gasteiger partial charge in [0.1, 0.15) is 11.1 Å². The molecule has 2 aromatic rings. The van der Waals surface area contributed by atoms with E-state index in [2.05, 4.69) is 15.0 Å². The second-order valence-corrected chi connectivity index (χ2v) is 5.31. The predicted octanol–water partition coefficient (Wildman–Crippen LogP) is 0.414. The van der Waals surface area contributed by atoms with Crippen molar-refractivity contribution in [3.05, 3.63) is 45.4 Å². The van der Waals surface area contributed by atoms with Crippen LogP contribution >= 0.6 is 11.6 Å². The smallest absolute Gasteiger partial charge is 0.342 e. The lowest BCUT2D eigenvalue weighted by Crippen LogP contribution is -2.14. The predicted molar refractivity (Wildman–Crippen MR) is 73.6 cm³/mol. The summed E-state index contributed by atoms with van der Waals surface area (Å²) in [5.74, 6) is -0.0594. The van der Waals surface area contributed by atoms with Crippen molar-refractivity contribution in [1.29, 1.82) is 0 Å². The average molecular weight is 330 g/mol. The fourth-order valence-corrected chi connectivity index (χ4v) is 2.18. The standard InChI is InChI=1S/C10H8ClN5O4S/c1-15-8(12-5-9(15)16(17)18)2-7(21(19)20)10-13-3-6(11)4-14-10/h3-5H,2H2,1H3. The van der Waals surface area contributed by atoms with E-state index in [4.69, 9.17) is 11.6 Å². The minimum Gasteiger partial charge on any atom is -0.358 e. The number of halogens is 1. The fourth-order valence-electron chi connectivity index (χ4n) is 1.58. The zero-order valence-corrected chi connectivity index (χ0v) is 12.2. The molecule has 0 aliphatic carbocycles. The molecule has 0 aliphatic rings. The minimum atomic E-state index is -2.60. The van der Waals surface area contributed by atoms with E-state index in [-0.39, 0.29) is 33.8 Å². The highest BCUT2D eigenvalue weighted by molar-refractivity contribution is 7.73. The summed E-state index contributed by atoms with van der Waals surface area (Å²) in [6.45, 7) is 0. The van der Waals surface area contributed by atoms with Crippen molar-refractivity contribution in [1.82, 2.24) is 19.5 Å². The SMILES string of the molecule is Cn1c([N+](=O)[O-])cnc1CC(c1ncc(Cl)cn1)=S(=O)=O. The van der Waals surface area contributed by atoms with Crippen LogP contribution in [0.2, 0.25) is 5.02 Å². The number of nitro groups is 1. The van der Waals surface area contributed by atoms with Gasteiger partial charge in [-0.2, -0.15) is 8.42 Å². The molecular weight excluding hydrogens is 322 g/mol. The topological polar surface area (TPSA) is 121 Å². The van der Waals surface area contributed by atoms with E-state index < -0.39 is 15.2 Å². The van der Waals surface area contributed by atoms with Crippen molar-refractivity contribution in [3.63, 3.8) is 0 Å². The summed E-state index contributed by atoms with van der Waals surface area (Å²) in [6.07, 6.45) is 3.42. The molecule has 2 heterocycles. The Morgan fingerprint density at radius 2 is 1.95 bits per heavy atom. The molecule has 110 valence electrons. The van der Waals surface area contributed by atoms with E-state index in [1.54, 1.807) is 0 Å². The van der Waals surface area contributed by atoms with Gasteiger partial charge in [-0.15, -0.1) is 0 Å². The molecule has 0 N–H and O–H groups in total. The maximum Gasteiger partial charge on any atom is 0.342 e. The molecule has 9 nitrogen and oxygen atoms in total. The van der Waals surface area contributed by atoms with E-state index >= 15 is 0 Å². The molecule has 0 spiro atoms. The van der Waals surface area contributed by atoms with E-state index in [0.717, 1.165) is 6.20 Å². The normalized spacial score (nSPS) is 10.4. The van der Waals surface area contributed by atoms with Crippen LogP contribution in [0.5, 0.6) is 0 Å². The number of rotatable bonds is 4. The van der Waals surface area contributed by atoms with Crippen LogP contribution in [0.25, 0.3) is 0 Å². The second kappa shape index (κ2) is 5.97. The van der Waals surface area contributed by atoms with Gasteiger partial charge in [0.15, 0.2) is 5.82 Å². The highest BCUT2D eigenvalue weighted by Crippen LogP contribution is 2.13. The van der Waals surface area contributed by atoms with Crippen molar-refractivity contribution in [2.24, 2.45) is 7.05 Å². The Hall–Kier alpha value is -2.33. The first-order valence-corrected chi connectivity index (χ1v) is 6.93. The van der Waals surface area contributed by atoms with E-state index in [9.17, 15) is 18.5 Å². The highest BCUT2D eigenvalue weighted by atomic mass is 35.5. The van der Waals surface area contributed by atoms with Gasteiger partial charge in [0.25, 0.3) is 0 Å². The molecule has 0 aliphatic heterocycles. The quantitative estimate of drug-likeness (QED) is 0.345. The van der Waals surface area contributed by atoms with E-state index in [1.165, 1.54) is 24.0 Å². The third kappa shape index (κ3) is 3.23. The summed E-state index contributed by atoms with van der Waals surface area (Å²) in [6, 6.07) is 0. The van der Waals surface area contributed by atoms with Crippen molar-refractivity contribution in [2.45, 2.75) is 6.42 Å². The van der Waals surface area contributed by atoms with Crippen LogP contribution in [0.4, 0.5) is 5.82 Å². The molecule has 2 aromatic heterocycles. The molecule has 0 amide bonds. The van der Waals surface area contributed by atoms with Crippen LogP contribution in [-0.4, -0.2) is 37.7 Å². The zero-order valence-electron chi connectivity index (χ0n) is 10.6. The number of nitrogens with zero attached hydrogens (tertiary/aromatic N) is 5. The van der Waals surface area contributed by atoms with Gasteiger partial charge in [-0.05, 0) is 4.92 Å². The largest absolute Gasteiger partial charge is 0.358 e. The Labute approximate surface area is 124 Å². The van der Waals surface area contributed by atoms with Crippen molar-refractivity contribution >= 4 is 32.6 Å². The summed E-state index contributed by atoms with van der Waals surface area (Å²) in [5, 5.41) is 11.0. The van der Waals surface area contributed by atoms with Gasteiger partial charge in [0, 0.05) is 12.4 Å². The maximum absolute atomic E-state index is 11.3. The Balaban J connectivity index is 2.42. The zero-order chi connectivity index (χ0) is 15.6. The molecule has 0 atom stereocenters. The van der Waals surface area contributed by atoms with Crippen molar-refractivity contribution in [3.8, 4) is 0 Å². The summed E-state index contributed by atoms with van der Waals surface area (Å²) in [7, 11) is -1.17. The maximum atomic E-state index is 11.3. The Morgan fingerprint density at radius 1 is 1.33 bits per heavy atom. The monoisotopic (exact) mass is 329 g/mol. The van der Waals surface area contributed by atoms with Crippen LogP contribution in [-0.2, 0) is 23.8 Å². The average Bonchev–Trinajstić information content (AvgIpc) is 2.78. The summed E-state index contributed by atoms with van der Waals surface area (Å²) in [5.41, 5.74) is 0. The van der Waals surface area contributed by atoms with Gasteiger partial charge in [0.2, 0.25) is 16.1 Å². The van der Waals surface area contributed by atoms with Gasteiger partial charge in [-0.1, -0.05) is 11.6 Å². The van der Waals surface area contributed by atoms with E-state index in [0.29, 0.717) is 0 Å². The van der Waals surface area contributed by atoms with Gasteiger partial charge >= 0.3 is 5.82 Å². The van der Waals surface area contributed by atoms with Crippen molar-refractivity contribution < 1.29 is 13.3 Å². The lowest BCUT2D eigenvalue weighted by molar-refractivity contribution is -0.391. The molecule has 0 aromatic carbocycles. The molecule has 0 unspecified atom stereocenters. The minimum absolute atomic E-state index is 0.0293.